The lowest BCUT2D eigenvalue weighted by atomic mass is 10.1. The molecule has 0 radical (unpaired) electrons. The Kier molecular flexibility index (Phi) is 5.44. The number of rotatable bonds is 2. The molecule has 0 atom stereocenters. The lowest BCUT2D eigenvalue weighted by Crippen LogP contribution is -2.32. The van der Waals surface area contributed by atoms with Gasteiger partial charge in [-0.2, -0.15) is 0 Å². The Morgan fingerprint density at radius 2 is 2.16 bits per heavy atom. The van der Waals surface area contributed by atoms with E-state index in [4.69, 9.17) is 5.73 Å². The van der Waals surface area contributed by atoms with Gasteiger partial charge in [0, 0.05) is 23.4 Å². The summed E-state index contributed by atoms with van der Waals surface area (Å²) in [5.74, 6) is 6.25. The fourth-order valence-corrected chi connectivity index (χ4v) is 3.12. The normalized spacial score (nSPS) is 16.5. The maximum atomic E-state index is 12.1. The molecular weight excluding hydrogens is 256 g/mol. The van der Waals surface area contributed by atoms with E-state index in [0.29, 0.717) is 19.5 Å². The molecule has 0 aliphatic carbocycles. The van der Waals surface area contributed by atoms with Crippen LogP contribution in [0, 0.1) is 11.8 Å². The van der Waals surface area contributed by atoms with Gasteiger partial charge >= 0.3 is 0 Å². The molecular formula is C15H20N2OS. The Balaban J connectivity index is 2.06. The van der Waals surface area contributed by atoms with Crippen LogP contribution in [0.5, 0.6) is 0 Å². The predicted octanol–water partition coefficient (Wildman–Crippen LogP) is 2.35. The number of carbonyl (C=O) groups is 1. The number of nitrogens with zero attached hydrogens (tertiary/aromatic N) is 1. The molecule has 4 heteroatoms. The Labute approximate surface area is 118 Å². The summed E-state index contributed by atoms with van der Waals surface area (Å²) < 4.78 is 0. The van der Waals surface area contributed by atoms with Crippen molar-refractivity contribution >= 4 is 17.2 Å². The minimum absolute atomic E-state index is 0.283. The third-order valence-corrected chi connectivity index (χ3v) is 4.23. The second-order valence-electron chi connectivity index (χ2n) is 4.74. The first-order valence-electron chi connectivity index (χ1n) is 6.84. The van der Waals surface area contributed by atoms with Gasteiger partial charge in [0.25, 0.3) is 0 Å². The quantitative estimate of drug-likeness (QED) is 0.843. The highest BCUT2D eigenvalue weighted by molar-refractivity contribution is 7.10. The van der Waals surface area contributed by atoms with Crippen LogP contribution in [0.3, 0.4) is 0 Å². The van der Waals surface area contributed by atoms with Crippen LogP contribution in [0.4, 0.5) is 0 Å². The van der Waals surface area contributed by atoms with E-state index in [0.717, 1.165) is 24.9 Å². The molecule has 1 aliphatic heterocycles. The van der Waals surface area contributed by atoms with Crippen LogP contribution < -0.4 is 5.73 Å². The zero-order chi connectivity index (χ0) is 13.5. The first-order valence-corrected chi connectivity index (χ1v) is 7.72. The Morgan fingerprint density at radius 3 is 3.00 bits per heavy atom. The number of carbonyl (C=O) groups excluding carboxylic acids is 1. The maximum Gasteiger partial charge on any atom is 0.222 e. The van der Waals surface area contributed by atoms with Crippen LogP contribution in [0.2, 0.25) is 0 Å². The highest BCUT2D eigenvalue weighted by atomic mass is 32.1. The third-order valence-electron chi connectivity index (χ3n) is 3.33. The van der Waals surface area contributed by atoms with Crippen molar-refractivity contribution in [2.24, 2.45) is 5.73 Å². The van der Waals surface area contributed by atoms with Gasteiger partial charge < -0.3 is 10.6 Å². The fourth-order valence-electron chi connectivity index (χ4n) is 2.28. The first kappa shape index (κ1) is 14.1. The van der Waals surface area contributed by atoms with Crippen LogP contribution in [0.1, 0.15) is 42.5 Å². The minimum atomic E-state index is 0.283. The molecule has 1 amide bonds. The molecule has 1 aliphatic rings. The van der Waals surface area contributed by atoms with Gasteiger partial charge in [-0.05, 0) is 24.3 Å². The number of thiophene rings is 1. The summed E-state index contributed by atoms with van der Waals surface area (Å²) in [6, 6.07) is 2.01. The SMILES string of the molecule is NCC#Cc1ccsc1CN1CCCCCCC1=O. The van der Waals surface area contributed by atoms with Gasteiger partial charge in [-0.3, -0.25) is 4.79 Å². The monoisotopic (exact) mass is 276 g/mol. The topological polar surface area (TPSA) is 46.3 Å². The summed E-state index contributed by atoms with van der Waals surface area (Å²) in [6.07, 6.45) is 5.25. The molecule has 19 heavy (non-hydrogen) atoms. The first-order chi connectivity index (χ1) is 9.31. The number of hydrogen-bond acceptors (Lipinski definition) is 3. The molecule has 0 aromatic carbocycles. The molecule has 2 N–H and O–H groups in total. The largest absolute Gasteiger partial charge is 0.338 e. The van der Waals surface area contributed by atoms with Crippen LogP contribution >= 0.6 is 11.3 Å². The van der Waals surface area contributed by atoms with Gasteiger partial charge in [0.15, 0.2) is 0 Å². The molecule has 0 saturated carbocycles. The summed E-state index contributed by atoms with van der Waals surface area (Å²) in [5, 5.41) is 2.03. The molecule has 0 bridgehead atoms. The van der Waals surface area contributed by atoms with Crippen molar-refractivity contribution < 1.29 is 4.79 Å². The van der Waals surface area contributed by atoms with Gasteiger partial charge in [-0.1, -0.05) is 24.7 Å². The van der Waals surface area contributed by atoms with E-state index in [2.05, 4.69) is 11.8 Å². The van der Waals surface area contributed by atoms with Crippen LogP contribution in [0.15, 0.2) is 11.4 Å². The van der Waals surface area contributed by atoms with Crippen molar-refractivity contribution in [2.45, 2.75) is 38.6 Å². The summed E-state index contributed by atoms with van der Waals surface area (Å²) in [5.41, 5.74) is 6.42. The molecule has 1 aromatic heterocycles. The van der Waals surface area contributed by atoms with Gasteiger partial charge in [-0.25, -0.2) is 0 Å². The lowest BCUT2D eigenvalue weighted by molar-refractivity contribution is -0.132. The minimum Gasteiger partial charge on any atom is -0.338 e. The zero-order valence-electron chi connectivity index (χ0n) is 11.2. The molecule has 1 saturated heterocycles. The Bertz CT molecular complexity index is 484. The van der Waals surface area contributed by atoms with E-state index < -0.39 is 0 Å². The second-order valence-corrected chi connectivity index (χ2v) is 5.74. The molecule has 102 valence electrons. The van der Waals surface area contributed by atoms with Crippen molar-refractivity contribution in [2.75, 3.05) is 13.1 Å². The Hall–Kier alpha value is -1.31. The Morgan fingerprint density at radius 1 is 1.32 bits per heavy atom. The van der Waals surface area contributed by atoms with Crippen molar-refractivity contribution in [3.05, 3.63) is 21.9 Å². The maximum absolute atomic E-state index is 12.1. The van der Waals surface area contributed by atoms with E-state index in [-0.39, 0.29) is 5.91 Å². The van der Waals surface area contributed by atoms with Crippen molar-refractivity contribution in [3.63, 3.8) is 0 Å². The summed E-state index contributed by atoms with van der Waals surface area (Å²) >= 11 is 1.67. The van der Waals surface area contributed by atoms with E-state index >= 15 is 0 Å². The number of hydrogen-bond donors (Lipinski definition) is 1. The summed E-state index contributed by atoms with van der Waals surface area (Å²) in [7, 11) is 0. The molecule has 2 heterocycles. The molecule has 1 fully saturated rings. The van der Waals surface area contributed by atoms with Gasteiger partial charge in [-0.15, -0.1) is 11.3 Å². The lowest BCUT2D eigenvalue weighted by Gasteiger charge is -2.24. The van der Waals surface area contributed by atoms with E-state index in [1.807, 2.05) is 16.3 Å². The molecule has 2 rings (SSSR count). The number of likely N-dealkylation sites (tertiary alicyclic amines) is 1. The van der Waals surface area contributed by atoms with Gasteiger partial charge in [0.05, 0.1) is 13.1 Å². The molecule has 1 aromatic rings. The predicted molar refractivity (Wildman–Crippen MR) is 78.8 cm³/mol. The van der Waals surface area contributed by atoms with Crippen LogP contribution in [0.25, 0.3) is 0 Å². The van der Waals surface area contributed by atoms with Crippen molar-refractivity contribution in [3.8, 4) is 11.8 Å². The third kappa shape index (κ3) is 4.09. The van der Waals surface area contributed by atoms with Crippen LogP contribution in [-0.2, 0) is 11.3 Å². The van der Waals surface area contributed by atoms with Crippen molar-refractivity contribution in [1.29, 1.82) is 0 Å². The average Bonchev–Trinajstić information content (AvgIpc) is 2.83. The highest BCUT2D eigenvalue weighted by Crippen LogP contribution is 2.20. The number of nitrogens with two attached hydrogens (primary N) is 1. The molecule has 0 unspecified atom stereocenters. The van der Waals surface area contributed by atoms with E-state index in [1.165, 1.54) is 17.7 Å². The van der Waals surface area contributed by atoms with Crippen molar-refractivity contribution in [1.82, 2.24) is 4.90 Å². The second kappa shape index (κ2) is 7.32. The summed E-state index contributed by atoms with van der Waals surface area (Å²) in [4.78, 5) is 15.3. The smallest absolute Gasteiger partial charge is 0.222 e. The highest BCUT2D eigenvalue weighted by Gasteiger charge is 2.17. The summed E-state index contributed by atoms with van der Waals surface area (Å²) in [6.45, 7) is 1.95. The molecule has 0 spiro atoms. The fraction of sp³-hybridized carbons (Fsp3) is 0.533. The zero-order valence-corrected chi connectivity index (χ0v) is 12.0. The number of amides is 1. The van der Waals surface area contributed by atoms with Crippen LogP contribution in [-0.4, -0.2) is 23.9 Å². The average molecular weight is 276 g/mol. The van der Waals surface area contributed by atoms with E-state index in [1.54, 1.807) is 11.3 Å². The van der Waals surface area contributed by atoms with Gasteiger partial charge in [0.1, 0.15) is 0 Å². The standard InChI is InChI=1S/C15H20N2OS/c16-9-5-6-13-8-11-19-14(13)12-17-10-4-2-1-3-7-15(17)18/h8,11H,1-4,7,9-10,12,16H2. The van der Waals surface area contributed by atoms with E-state index in [9.17, 15) is 4.79 Å². The van der Waals surface area contributed by atoms with Gasteiger partial charge in [0.2, 0.25) is 5.91 Å². The molecule has 3 nitrogen and oxygen atoms in total.